The third-order valence-corrected chi connectivity index (χ3v) is 3.74. The monoisotopic (exact) mass is 317 g/mol. The molecule has 0 bridgehead atoms. The molecular weight excluding hydrogens is 305 g/mol. The maximum atomic E-state index is 12.3. The van der Waals surface area contributed by atoms with Gasteiger partial charge in [-0.15, -0.1) is 11.6 Å². The summed E-state index contributed by atoms with van der Waals surface area (Å²) < 4.78 is 6.25. The van der Waals surface area contributed by atoms with Crippen molar-refractivity contribution in [2.24, 2.45) is 0 Å². The number of hydrogen-bond acceptors (Lipinski definition) is 2. The van der Waals surface area contributed by atoms with Crippen LogP contribution in [0.5, 0.6) is 0 Å². The predicted octanol–water partition coefficient (Wildman–Crippen LogP) is 2.53. The first-order valence-corrected chi connectivity index (χ1v) is 6.76. The molecule has 1 fully saturated rings. The first-order valence-electron chi connectivity index (χ1n) is 5.43. The molecule has 1 aromatic carbocycles. The van der Waals surface area contributed by atoms with Gasteiger partial charge in [-0.05, 0) is 28.1 Å². The van der Waals surface area contributed by atoms with Crippen LogP contribution in [0.1, 0.15) is 10.4 Å². The zero-order valence-electron chi connectivity index (χ0n) is 9.23. The molecule has 0 aromatic heterocycles. The van der Waals surface area contributed by atoms with Crippen LogP contribution in [0.4, 0.5) is 0 Å². The van der Waals surface area contributed by atoms with Crippen LogP contribution in [0, 0.1) is 0 Å². The van der Waals surface area contributed by atoms with Crippen molar-refractivity contribution < 1.29 is 9.53 Å². The van der Waals surface area contributed by atoms with E-state index in [1.54, 1.807) is 4.90 Å². The maximum Gasteiger partial charge on any atom is 0.255 e. The summed E-state index contributed by atoms with van der Waals surface area (Å²) in [5.41, 5.74) is 0.683. The molecule has 92 valence electrons. The molecule has 1 atom stereocenters. The van der Waals surface area contributed by atoms with Crippen molar-refractivity contribution in [3.63, 3.8) is 0 Å². The molecule has 3 nitrogen and oxygen atoms in total. The van der Waals surface area contributed by atoms with E-state index in [1.165, 1.54) is 0 Å². The fraction of sp³-hybridized carbons (Fsp3) is 0.417. The Morgan fingerprint density at radius 1 is 1.53 bits per heavy atom. The molecule has 1 heterocycles. The van der Waals surface area contributed by atoms with Crippen LogP contribution >= 0.6 is 27.5 Å². The fourth-order valence-electron chi connectivity index (χ4n) is 1.80. The highest BCUT2D eigenvalue weighted by Crippen LogP contribution is 2.19. The molecule has 1 aliphatic rings. The van der Waals surface area contributed by atoms with E-state index in [-0.39, 0.29) is 12.0 Å². The Bertz CT molecular complexity index is 413. The van der Waals surface area contributed by atoms with Gasteiger partial charge in [-0.25, -0.2) is 0 Å². The molecule has 17 heavy (non-hydrogen) atoms. The molecule has 1 aromatic rings. The van der Waals surface area contributed by atoms with Crippen LogP contribution in [-0.4, -0.2) is 42.5 Å². The summed E-state index contributed by atoms with van der Waals surface area (Å²) in [6, 6.07) is 7.43. The summed E-state index contributed by atoms with van der Waals surface area (Å²) in [5, 5.41) is 0. The molecule has 2 rings (SSSR count). The van der Waals surface area contributed by atoms with Gasteiger partial charge < -0.3 is 9.64 Å². The fourth-order valence-corrected chi connectivity index (χ4v) is 2.44. The topological polar surface area (TPSA) is 29.5 Å². The van der Waals surface area contributed by atoms with E-state index in [0.717, 1.165) is 4.47 Å². The summed E-state index contributed by atoms with van der Waals surface area (Å²) >= 11 is 9.15. The minimum atomic E-state index is -0.0585. The maximum absolute atomic E-state index is 12.3. The van der Waals surface area contributed by atoms with Crippen LogP contribution in [0.2, 0.25) is 0 Å². The van der Waals surface area contributed by atoms with Gasteiger partial charge in [0.2, 0.25) is 0 Å². The minimum absolute atomic E-state index is 0.0240. The Morgan fingerprint density at radius 3 is 3.00 bits per heavy atom. The number of benzene rings is 1. The lowest BCUT2D eigenvalue weighted by molar-refractivity contribution is -0.0108. The lowest BCUT2D eigenvalue weighted by Crippen LogP contribution is -2.46. The summed E-state index contributed by atoms with van der Waals surface area (Å²) in [7, 11) is 0. The average molecular weight is 319 g/mol. The van der Waals surface area contributed by atoms with E-state index in [4.69, 9.17) is 16.3 Å². The molecule has 0 saturated carbocycles. The van der Waals surface area contributed by atoms with Gasteiger partial charge >= 0.3 is 0 Å². The third kappa shape index (κ3) is 3.00. The molecule has 1 unspecified atom stereocenters. The highest BCUT2D eigenvalue weighted by Gasteiger charge is 2.25. The second-order valence-electron chi connectivity index (χ2n) is 3.88. The first-order chi connectivity index (χ1) is 8.22. The molecule has 0 radical (unpaired) electrons. The van der Waals surface area contributed by atoms with Gasteiger partial charge in [-0.2, -0.15) is 0 Å². The Hall–Kier alpha value is -0.580. The molecule has 0 N–H and O–H groups in total. The smallest absolute Gasteiger partial charge is 0.255 e. The van der Waals surface area contributed by atoms with Gasteiger partial charge in [0.25, 0.3) is 5.91 Å². The Labute approximate surface area is 114 Å². The molecule has 0 spiro atoms. The number of ether oxygens (including phenoxy) is 1. The number of morpholine rings is 1. The van der Waals surface area contributed by atoms with Crippen LogP contribution in [0.25, 0.3) is 0 Å². The van der Waals surface area contributed by atoms with Gasteiger partial charge in [0.15, 0.2) is 0 Å². The number of nitrogens with zero attached hydrogens (tertiary/aromatic N) is 1. The molecule has 1 aliphatic heterocycles. The standard InChI is InChI=1S/C12H13BrClNO2/c13-11-4-2-1-3-10(11)12(16)15-5-6-17-9(7-14)8-15/h1-4,9H,5-8H2. The van der Waals surface area contributed by atoms with Crippen molar-refractivity contribution in [2.45, 2.75) is 6.10 Å². The van der Waals surface area contributed by atoms with Crippen LogP contribution in [-0.2, 0) is 4.74 Å². The van der Waals surface area contributed by atoms with Crippen molar-refractivity contribution in [3.05, 3.63) is 34.3 Å². The number of rotatable bonds is 2. The molecule has 0 aliphatic carbocycles. The lowest BCUT2D eigenvalue weighted by atomic mass is 10.2. The van der Waals surface area contributed by atoms with E-state index < -0.39 is 0 Å². The largest absolute Gasteiger partial charge is 0.373 e. The quantitative estimate of drug-likeness (QED) is 0.784. The molecule has 1 saturated heterocycles. The van der Waals surface area contributed by atoms with Crippen molar-refractivity contribution in [2.75, 3.05) is 25.6 Å². The number of hydrogen-bond donors (Lipinski definition) is 0. The van der Waals surface area contributed by atoms with Crippen LogP contribution < -0.4 is 0 Å². The van der Waals surface area contributed by atoms with Gasteiger partial charge in [-0.3, -0.25) is 4.79 Å². The number of carbonyl (C=O) groups is 1. The SMILES string of the molecule is O=C(c1ccccc1Br)N1CCOC(CCl)C1. The van der Waals surface area contributed by atoms with Gasteiger partial charge in [0.1, 0.15) is 0 Å². The number of carbonyl (C=O) groups excluding carboxylic acids is 1. The predicted molar refractivity (Wildman–Crippen MR) is 70.5 cm³/mol. The van der Waals surface area contributed by atoms with E-state index in [9.17, 15) is 4.79 Å². The van der Waals surface area contributed by atoms with Gasteiger partial charge in [0.05, 0.1) is 24.2 Å². The van der Waals surface area contributed by atoms with Crippen LogP contribution in [0.3, 0.4) is 0 Å². The number of halogens is 2. The Kier molecular flexibility index (Phi) is 4.42. The first kappa shape index (κ1) is 12.9. The summed E-state index contributed by atoms with van der Waals surface area (Å²) in [4.78, 5) is 14.1. The van der Waals surface area contributed by atoms with Crippen molar-refractivity contribution in [3.8, 4) is 0 Å². The average Bonchev–Trinajstić information content (AvgIpc) is 2.38. The molecule has 1 amide bonds. The van der Waals surface area contributed by atoms with E-state index in [2.05, 4.69) is 15.9 Å². The second kappa shape index (κ2) is 5.85. The second-order valence-corrected chi connectivity index (χ2v) is 5.04. The van der Waals surface area contributed by atoms with E-state index in [0.29, 0.717) is 31.1 Å². The minimum Gasteiger partial charge on any atom is -0.373 e. The molecular formula is C12H13BrClNO2. The highest BCUT2D eigenvalue weighted by molar-refractivity contribution is 9.10. The Morgan fingerprint density at radius 2 is 2.29 bits per heavy atom. The molecule has 5 heteroatoms. The lowest BCUT2D eigenvalue weighted by Gasteiger charge is -2.32. The number of amides is 1. The Balaban J connectivity index is 2.12. The zero-order valence-corrected chi connectivity index (χ0v) is 11.6. The van der Waals surface area contributed by atoms with E-state index >= 15 is 0 Å². The van der Waals surface area contributed by atoms with Crippen molar-refractivity contribution >= 4 is 33.4 Å². The third-order valence-electron chi connectivity index (χ3n) is 2.70. The summed E-state index contributed by atoms with van der Waals surface area (Å²) in [5.74, 6) is 0.440. The van der Waals surface area contributed by atoms with Crippen molar-refractivity contribution in [1.29, 1.82) is 0 Å². The summed E-state index contributed by atoms with van der Waals surface area (Å²) in [6.45, 7) is 1.73. The van der Waals surface area contributed by atoms with Gasteiger partial charge in [0, 0.05) is 17.6 Å². The highest BCUT2D eigenvalue weighted by atomic mass is 79.9. The zero-order chi connectivity index (χ0) is 12.3. The normalized spacial score (nSPS) is 20.4. The number of alkyl halides is 1. The van der Waals surface area contributed by atoms with Gasteiger partial charge in [-0.1, -0.05) is 12.1 Å². The summed E-state index contributed by atoms with van der Waals surface area (Å²) in [6.07, 6.45) is -0.0585. The van der Waals surface area contributed by atoms with Crippen molar-refractivity contribution in [1.82, 2.24) is 4.90 Å². The van der Waals surface area contributed by atoms with Crippen LogP contribution in [0.15, 0.2) is 28.7 Å². The van der Waals surface area contributed by atoms with E-state index in [1.807, 2.05) is 24.3 Å².